The first-order valence-corrected chi connectivity index (χ1v) is 7.01. The van der Waals surface area contributed by atoms with E-state index in [1.807, 2.05) is 0 Å². The second-order valence-corrected chi connectivity index (χ2v) is 5.15. The SMILES string of the molecule is O=c1[nH]c2c(Cl)cccc2nc1Nc1ccc(OC(F)(F)F)cc1. The Hall–Kier alpha value is -2.74. The number of para-hydroxylation sites is 1. The molecule has 0 amide bonds. The molecule has 1 aromatic heterocycles. The summed E-state index contributed by atoms with van der Waals surface area (Å²) in [5, 5.41) is 3.10. The third kappa shape index (κ3) is 3.60. The van der Waals surface area contributed by atoms with Crippen LogP contribution in [0.2, 0.25) is 5.02 Å². The summed E-state index contributed by atoms with van der Waals surface area (Å²) in [6.07, 6.45) is -4.76. The van der Waals surface area contributed by atoms with E-state index in [0.717, 1.165) is 12.1 Å². The lowest BCUT2D eigenvalue weighted by molar-refractivity contribution is -0.274. The Labute approximate surface area is 138 Å². The zero-order valence-corrected chi connectivity index (χ0v) is 12.6. The second-order valence-electron chi connectivity index (χ2n) is 4.75. The van der Waals surface area contributed by atoms with E-state index in [-0.39, 0.29) is 11.6 Å². The largest absolute Gasteiger partial charge is 0.573 e. The topological polar surface area (TPSA) is 67.0 Å². The number of nitrogens with one attached hydrogen (secondary N) is 2. The zero-order valence-electron chi connectivity index (χ0n) is 11.8. The number of aromatic nitrogens is 2. The van der Waals surface area contributed by atoms with E-state index in [1.165, 1.54) is 12.1 Å². The lowest BCUT2D eigenvalue weighted by Crippen LogP contribution is -2.17. The first-order chi connectivity index (χ1) is 11.3. The molecule has 2 aromatic carbocycles. The normalized spacial score (nSPS) is 11.5. The number of anilines is 2. The average molecular weight is 356 g/mol. The Balaban J connectivity index is 1.87. The molecule has 0 aliphatic carbocycles. The molecule has 3 aromatic rings. The summed E-state index contributed by atoms with van der Waals surface area (Å²) < 4.78 is 40.1. The number of nitrogens with zero attached hydrogens (tertiary/aromatic N) is 1. The molecule has 0 spiro atoms. The first-order valence-electron chi connectivity index (χ1n) is 6.63. The van der Waals surface area contributed by atoms with Gasteiger partial charge in [0.1, 0.15) is 5.75 Å². The minimum Gasteiger partial charge on any atom is -0.406 e. The van der Waals surface area contributed by atoms with Gasteiger partial charge in [0, 0.05) is 5.69 Å². The molecule has 0 aliphatic rings. The van der Waals surface area contributed by atoms with Crippen LogP contribution in [0.4, 0.5) is 24.7 Å². The Morgan fingerprint density at radius 2 is 1.83 bits per heavy atom. The van der Waals surface area contributed by atoms with Gasteiger partial charge in [-0.05, 0) is 36.4 Å². The molecule has 9 heteroatoms. The van der Waals surface area contributed by atoms with Crippen LogP contribution in [-0.2, 0) is 0 Å². The van der Waals surface area contributed by atoms with E-state index in [1.54, 1.807) is 18.2 Å². The van der Waals surface area contributed by atoms with Gasteiger partial charge in [0.15, 0.2) is 5.82 Å². The average Bonchev–Trinajstić information content (AvgIpc) is 2.50. The Bertz CT molecular complexity index is 939. The van der Waals surface area contributed by atoms with Gasteiger partial charge in [-0.15, -0.1) is 13.2 Å². The van der Waals surface area contributed by atoms with Gasteiger partial charge in [0.05, 0.1) is 16.1 Å². The molecule has 1 heterocycles. The van der Waals surface area contributed by atoms with E-state index < -0.39 is 11.9 Å². The first kappa shape index (κ1) is 16.1. The number of hydrogen-bond donors (Lipinski definition) is 2. The maximum Gasteiger partial charge on any atom is 0.573 e. The number of ether oxygens (including phenoxy) is 1. The molecule has 0 saturated carbocycles. The van der Waals surface area contributed by atoms with Crippen LogP contribution in [-0.4, -0.2) is 16.3 Å². The summed E-state index contributed by atoms with van der Waals surface area (Å²) in [7, 11) is 0. The molecule has 2 N–H and O–H groups in total. The molecule has 24 heavy (non-hydrogen) atoms. The summed E-state index contributed by atoms with van der Waals surface area (Å²) in [6.45, 7) is 0. The fourth-order valence-electron chi connectivity index (χ4n) is 2.03. The van der Waals surface area contributed by atoms with Crippen molar-refractivity contribution in [3.8, 4) is 5.75 Å². The van der Waals surface area contributed by atoms with Crippen LogP contribution in [0.5, 0.6) is 5.75 Å². The third-order valence-corrected chi connectivity index (χ3v) is 3.34. The highest BCUT2D eigenvalue weighted by molar-refractivity contribution is 6.34. The summed E-state index contributed by atoms with van der Waals surface area (Å²) in [4.78, 5) is 18.8. The number of hydrogen-bond acceptors (Lipinski definition) is 4. The van der Waals surface area contributed by atoms with Gasteiger partial charge in [-0.25, -0.2) is 4.98 Å². The number of halogens is 4. The molecule has 0 fully saturated rings. The molecule has 0 aliphatic heterocycles. The smallest absolute Gasteiger partial charge is 0.406 e. The molecular weight excluding hydrogens is 347 g/mol. The summed E-state index contributed by atoms with van der Waals surface area (Å²) >= 11 is 5.98. The molecule has 124 valence electrons. The van der Waals surface area contributed by atoms with E-state index in [9.17, 15) is 18.0 Å². The molecule has 5 nitrogen and oxygen atoms in total. The number of H-pyrrole nitrogens is 1. The van der Waals surface area contributed by atoms with Crippen molar-refractivity contribution in [2.75, 3.05) is 5.32 Å². The van der Waals surface area contributed by atoms with E-state index in [0.29, 0.717) is 21.7 Å². The van der Waals surface area contributed by atoms with Crippen LogP contribution in [0.3, 0.4) is 0 Å². The number of aromatic amines is 1. The summed E-state index contributed by atoms with van der Waals surface area (Å²) in [5.41, 5.74) is 0.750. The highest BCUT2D eigenvalue weighted by Gasteiger charge is 2.30. The summed E-state index contributed by atoms with van der Waals surface area (Å²) in [6, 6.07) is 9.90. The van der Waals surface area contributed by atoms with Gasteiger partial charge >= 0.3 is 6.36 Å². The van der Waals surface area contributed by atoms with E-state index >= 15 is 0 Å². The molecule has 0 atom stereocenters. The van der Waals surface area contributed by atoms with Crippen molar-refractivity contribution >= 4 is 34.1 Å². The van der Waals surface area contributed by atoms with Crippen LogP contribution in [0, 0.1) is 0 Å². The highest BCUT2D eigenvalue weighted by atomic mass is 35.5. The molecule has 3 rings (SSSR count). The Morgan fingerprint density at radius 1 is 1.12 bits per heavy atom. The van der Waals surface area contributed by atoms with Crippen molar-refractivity contribution in [1.82, 2.24) is 9.97 Å². The van der Waals surface area contributed by atoms with Gasteiger partial charge in [0.25, 0.3) is 5.56 Å². The second kappa shape index (κ2) is 6.04. The Kier molecular flexibility index (Phi) is 4.06. The maximum absolute atomic E-state index is 12.1. The lowest BCUT2D eigenvalue weighted by atomic mass is 10.3. The van der Waals surface area contributed by atoms with Crippen molar-refractivity contribution in [1.29, 1.82) is 0 Å². The van der Waals surface area contributed by atoms with Crippen molar-refractivity contribution in [2.24, 2.45) is 0 Å². The third-order valence-electron chi connectivity index (χ3n) is 3.03. The number of rotatable bonds is 3. The van der Waals surface area contributed by atoms with Crippen molar-refractivity contribution in [2.45, 2.75) is 6.36 Å². The van der Waals surface area contributed by atoms with Crippen LogP contribution in [0.1, 0.15) is 0 Å². The van der Waals surface area contributed by atoms with Crippen molar-refractivity contribution in [3.05, 3.63) is 57.8 Å². The fraction of sp³-hybridized carbons (Fsp3) is 0.0667. The summed E-state index contributed by atoms with van der Waals surface area (Å²) in [5.74, 6) is -0.366. The van der Waals surface area contributed by atoms with Crippen LogP contribution in [0.25, 0.3) is 11.0 Å². The monoisotopic (exact) mass is 355 g/mol. The minimum absolute atomic E-state index is 0.00532. The molecule has 0 unspecified atom stereocenters. The lowest BCUT2D eigenvalue weighted by Gasteiger charge is -2.10. The van der Waals surface area contributed by atoms with Gasteiger partial charge in [-0.2, -0.15) is 0 Å². The van der Waals surface area contributed by atoms with Crippen molar-refractivity contribution < 1.29 is 17.9 Å². The molecular formula is C15H9ClF3N3O2. The quantitative estimate of drug-likeness (QED) is 0.738. The predicted molar refractivity (Wildman–Crippen MR) is 83.8 cm³/mol. The standard InChI is InChI=1S/C15H9ClF3N3O2/c16-10-2-1-3-11-12(10)22-14(23)13(21-11)20-8-4-6-9(7-5-8)24-15(17,18)19/h1-7H,(H,20,21)(H,22,23). The highest BCUT2D eigenvalue weighted by Crippen LogP contribution is 2.25. The predicted octanol–water partition coefficient (Wildman–Crippen LogP) is 4.22. The molecule has 0 bridgehead atoms. The number of alkyl halides is 3. The Morgan fingerprint density at radius 3 is 2.50 bits per heavy atom. The van der Waals surface area contributed by atoms with Crippen LogP contribution in [0.15, 0.2) is 47.3 Å². The molecule has 0 saturated heterocycles. The zero-order chi connectivity index (χ0) is 17.3. The van der Waals surface area contributed by atoms with E-state index in [2.05, 4.69) is 20.0 Å². The van der Waals surface area contributed by atoms with Crippen molar-refractivity contribution in [3.63, 3.8) is 0 Å². The van der Waals surface area contributed by atoms with Crippen LogP contribution >= 0.6 is 11.6 Å². The van der Waals surface area contributed by atoms with E-state index in [4.69, 9.17) is 11.6 Å². The van der Waals surface area contributed by atoms with Gasteiger partial charge in [-0.1, -0.05) is 17.7 Å². The number of fused-ring (bicyclic) bond motifs is 1. The molecule has 0 radical (unpaired) electrons. The van der Waals surface area contributed by atoms with Crippen LogP contribution < -0.4 is 15.6 Å². The maximum atomic E-state index is 12.1. The van der Waals surface area contributed by atoms with Gasteiger partial charge < -0.3 is 15.0 Å². The number of benzene rings is 2. The minimum atomic E-state index is -4.76. The van der Waals surface area contributed by atoms with Gasteiger partial charge in [0.2, 0.25) is 0 Å². The van der Waals surface area contributed by atoms with Gasteiger partial charge in [-0.3, -0.25) is 4.79 Å². The fourth-order valence-corrected chi connectivity index (χ4v) is 2.25.